The number of carbonyl (C=O) groups excluding carboxylic acids is 1. The van der Waals surface area contributed by atoms with Crippen LogP contribution in [-0.4, -0.2) is 16.6 Å². The maximum Gasteiger partial charge on any atom is 0.338 e. The van der Waals surface area contributed by atoms with Crippen LogP contribution in [0.2, 0.25) is 0 Å². The molecule has 3 heterocycles. The molecular formula is C22H20N2O3S2. The fourth-order valence-corrected chi connectivity index (χ4v) is 5.15. The number of hydrogen-bond donors (Lipinski definition) is 0. The van der Waals surface area contributed by atoms with Gasteiger partial charge in [0.15, 0.2) is 4.80 Å². The molecule has 2 aromatic heterocycles. The molecule has 0 aliphatic carbocycles. The van der Waals surface area contributed by atoms with Crippen molar-refractivity contribution in [2.75, 3.05) is 0 Å². The van der Waals surface area contributed by atoms with Gasteiger partial charge in [-0.2, -0.15) is 0 Å². The molecule has 1 aliphatic heterocycles. The summed E-state index contributed by atoms with van der Waals surface area (Å²) in [6.45, 7) is 5.41. The summed E-state index contributed by atoms with van der Waals surface area (Å²) in [6, 6.07) is 13.0. The minimum atomic E-state index is -0.532. The fraction of sp³-hybridized carbons (Fsp3) is 0.227. The molecule has 0 saturated heterocycles. The van der Waals surface area contributed by atoms with Crippen LogP contribution in [0, 0.1) is 0 Å². The van der Waals surface area contributed by atoms with E-state index in [4.69, 9.17) is 4.74 Å². The lowest BCUT2D eigenvalue weighted by Crippen LogP contribution is -2.39. The van der Waals surface area contributed by atoms with E-state index >= 15 is 0 Å². The number of aromatic nitrogens is 1. The summed E-state index contributed by atoms with van der Waals surface area (Å²) in [5.74, 6) is -0.433. The van der Waals surface area contributed by atoms with Crippen LogP contribution in [0.15, 0.2) is 68.9 Å². The van der Waals surface area contributed by atoms with E-state index in [1.165, 1.54) is 22.7 Å². The maximum atomic E-state index is 13.3. The predicted octanol–water partition coefficient (Wildman–Crippen LogP) is 3.25. The molecule has 0 N–H and O–H groups in total. The summed E-state index contributed by atoms with van der Waals surface area (Å²) in [4.78, 5) is 32.3. The van der Waals surface area contributed by atoms with Crippen LogP contribution < -0.4 is 14.9 Å². The summed E-state index contributed by atoms with van der Waals surface area (Å²) in [7, 11) is 0. The van der Waals surface area contributed by atoms with Crippen LogP contribution in [-0.2, 0) is 9.53 Å². The largest absolute Gasteiger partial charge is 0.459 e. The van der Waals surface area contributed by atoms with Crippen LogP contribution in [0.5, 0.6) is 0 Å². The minimum absolute atomic E-state index is 0.154. The third-order valence-electron chi connectivity index (χ3n) is 4.49. The Morgan fingerprint density at radius 3 is 2.62 bits per heavy atom. The topological polar surface area (TPSA) is 60.7 Å². The van der Waals surface area contributed by atoms with Crippen molar-refractivity contribution >= 4 is 34.7 Å². The second-order valence-electron chi connectivity index (χ2n) is 6.96. The van der Waals surface area contributed by atoms with Gasteiger partial charge in [-0.3, -0.25) is 9.36 Å². The van der Waals surface area contributed by atoms with E-state index in [1.54, 1.807) is 11.5 Å². The van der Waals surface area contributed by atoms with Gasteiger partial charge in [-0.1, -0.05) is 47.7 Å². The van der Waals surface area contributed by atoms with Crippen molar-refractivity contribution < 1.29 is 9.53 Å². The molecule has 1 aromatic carbocycles. The smallest absolute Gasteiger partial charge is 0.338 e. The summed E-state index contributed by atoms with van der Waals surface area (Å²) in [5, 5.41) is 1.94. The molecule has 0 radical (unpaired) electrons. The Hall–Kier alpha value is -2.77. The van der Waals surface area contributed by atoms with Crippen LogP contribution >= 0.6 is 22.7 Å². The van der Waals surface area contributed by atoms with Gasteiger partial charge in [0, 0.05) is 4.88 Å². The molecule has 4 rings (SSSR count). The van der Waals surface area contributed by atoms with Gasteiger partial charge in [-0.15, -0.1) is 11.3 Å². The summed E-state index contributed by atoms with van der Waals surface area (Å²) in [6.07, 6.45) is 1.61. The van der Waals surface area contributed by atoms with E-state index in [9.17, 15) is 9.59 Å². The van der Waals surface area contributed by atoms with Crippen LogP contribution in [0.25, 0.3) is 6.08 Å². The molecule has 0 unspecified atom stereocenters. The van der Waals surface area contributed by atoms with E-state index in [0.29, 0.717) is 20.6 Å². The van der Waals surface area contributed by atoms with Crippen molar-refractivity contribution in [2.45, 2.75) is 32.9 Å². The first-order chi connectivity index (χ1) is 14.0. The SMILES string of the molecule is CC1=C(C(=O)OC(C)C)[C@@H](c2cccs2)n2c(s/c(=C/c3ccccc3)c2=O)=N1. The van der Waals surface area contributed by atoms with Gasteiger partial charge in [-0.05, 0) is 43.9 Å². The zero-order chi connectivity index (χ0) is 20.5. The highest BCUT2D eigenvalue weighted by molar-refractivity contribution is 7.10. The number of hydrogen-bond acceptors (Lipinski definition) is 6. The number of allylic oxidation sites excluding steroid dienone is 1. The highest BCUT2D eigenvalue weighted by atomic mass is 32.1. The number of carbonyl (C=O) groups is 1. The van der Waals surface area contributed by atoms with Gasteiger partial charge >= 0.3 is 5.97 Å². The molecule has 0 fully saturated rings. The first-order valence-electron chi connectivity index (χ1n) is 9.27. The Morgan fingerprint density at radius 1 is 1.21 bits per heavy atom. The zero-order valence-electron chi connectivity index (χ0n) is 16.3. The first kappa shape index (κ1) is 19.5. The summed E-state index contributed by atoms with van der Waals surface area (Å²) in [5.41, 5.74) is 1.79. The number of ether oxygens (including phenoxy) is 1. The molecule has 29 heavy (non-hydrogen) atoms. The molecule has 0 saturated carbocycles. The second kappa shape index (κ2) is 7.93. The number of thiophene rings is 1. The van der Waals surface area contributed by atoms with Gasteiger partial charge in [-0.25, -0.2) is 9.79 Å². The number of thiazole rings is 1. The molecule has 1 aliphatic rings. The van der Waals surface area contributed by atoms with Crippen molar-refractivity contribution in [3.8, 4) is 0 Å². The average molecular weight is 425 g/mol. The average Bonchev–Trinajstić information content (AvgIpc) is 3.30. The van der Waals surface area contributed by atoms with Crippen LogP contribution in [0.3, 0.4) is 0 Å². The van der Waals surface area contributed by atoms with E-state index in [2.05, 4.69) is 4.99 Å². The number of fused-ring (bicyclic) bond motifs is 1. The van der Waals surface area contributed by atoms with Gasteiger partial charge in [0.25, 0.3) is 5.56 Å². The van der Waals surface area contributed by atoms with Crippen molar-refractivity contribution in [3.63, 3.8) is 0 Å². The van der Waals surface area contributed by atoms with E-state index in [-0.39, 0.29) is 11.7 Å². The second-order valence-corrected chi connectivity index (χ2v) is 8.95. The standard InChI is InChI=1S/C22H20N2O3S2/c1-13(2)27-21(26)18-14(3)23-22-24(19(18)16-10-7-11-28-16)20(25)17(29-22)12-15-8-5-4-6-9-15/h4-13,19H,1-3H3/b17-12+/t19-/m1/s1. The zero-order valence-corrected chi connectivity index (χ0v) is 17.9. The molecule has 148 valence electrons. The molecule has 0 amide bonds. The van der Waals surface area contributed by atoms with Crippen molar-refractivity contribution in [1.82, 2.24) is 4.57 Å². The lowest BCUT2D eigenvalue weighted by Gasteiger charge is -2.24. The maximum absolute atomic E-state index is 13.3. The highest BCUT2D eigenvalue weighted by Crippen LogP contribution is 2.33. The van der Waals surface area contributed by atoms with E-state index < -0.39 is 12.0 Å². The van der Waals surface area contributed by atoms with Gasteiger partial charge < -0.3 is 4.74 Å². The van der Waals surface area contributed by atoms with Gasteiger partial charge in [0.05, 0.1) is 21.9 Å². The minimum Gasteiger partial charge on any atom is -0.459 e. The van der Waals surface area contributed by atoms with E-state index in [0.717, 1.165) is 10.4 Å². The monoisotopic (exact) mass is 424 g/mol. The van der Waals surface area contributed by atoms with E-state index in [1.807, 2.05) is 67.8 Å². The Balaban J connectivity index is 1.93. The van der Waals surface area contributed by atoms with Gasteiger partial charge in [0.1, 0.15) is 6.04 Å². The molecule has 3 aromatic rings. The van der Waals surface area contributed by atoms with Crippen LogP contribution in [0.4, 0.5) is 0 Å². The predicted molar refractivity (Wildman–Crippen MR) is 116 cm³/mol. The molecule has 5 nitrogen and oxygen atoms in total. The highest BCUT2D eigenvalue weighted by Gasteiger charge is 2.34. The Morgan fingerprint density at radius 2 is 1.97 bits per heavy atom. The Bertz CT molecular complexity index is 1250. The fourth-order valence-electron chi connectivity index (χ4n) is 3.28. The van der Waals surface area contributed by atoms with Crippen molar-refractivity contribution in [1.29, 1.82) is 0 Å². The molecule has 0 spiro atoms. The molecule has 7 heteroatoms. The van der Waals surface area contributed by atoms with Crippen molar-refractivity contribution in [3.05, 3.63) is 89.2 Å². The summed E-state index contributed by atoms with van der Waals surface area (Å²) >= 11 is 2.84. The Labute approximate surface area is 175 Å². The van der Waals surface area contributed by atoms with Gasteiger partial charge in [0.2, 0.25) is 0 Å². The third-order valence-corrected chi connectivity index (χ3v) is 6.40. The molecule has 0 bridgehead atoms. The van der Waals surface area contributed by atoms with Crippen LogP contribution in [0.1, 0.15) is 37.3 Å². The number of esters is 1. The number of nitrogens with zero attached hydrogens (tertiary/aromatic N) is 2. The summed E-state index contributed by atoms with van der Waals surface area (Å²) < 4.78 is 7.68. The molecular weight excluding hydrogens is 404 g/mol. The number of rotatable bonds is 4. The lowest BCUT2D eigenvalue weighted by atomic mass is 10.0. The quantitative estimate of drug-likeness (QED) is 0.604. The molecule has 1 atom stereocenters. The number of benzene rings is 1. The first-order valence-corrected chi connectivity index (χ1v) is 11.0. The normalized spacial score (nSPS) is 16.7. The lowest BCUT2D eigenvalue weighted by molar-refractivity contribution is -0.143. The Kier molecular flexibility index (Phi) is 5.34. The van der Waals surface area contributed by atoms with Crippen molar-refractivity contribution in [2.24, 2.45) is 4.99 Å². The third kappa shape index (κ3) is 3.75.